The lowest BCUT2D eigenvalue weighted by Crippen LogP contribution is -2.21. The SMILES string of the molecule is C=C(C)CNC(CC)c1cccs1. The van der Waals surface area contributed by atoms with Crippen LogP contribution >= 0.6 is 11.3 Å². The first-order chi connectivity index (χ1) is 6.24. The Bertz CT molecular complexity index is 251. The molecule has 1 rings (SSSR count). The first kappa shape index (κ1) is 10.5. The molecule has 0 aliphatic rings. The van der Waals surface area contributed by atoms with Crippen LogP contribution in [0.3, 0.4) is 0 Å². The molecule has 0 amide bonds. The van der Waals surface area contributed by atoms with Crippen LogP contribution in [0.4, 0.5) is 0 Å². The summed E-state index contributed by atoms with van der Waals surface area (Å²) in [5.74, 6) is 0. The van der Waals surface area contributed by atoms with Crippen molar-refractivity contribution in [2.24, 2.45) is 0 Å². The van der Waals surface area contributed by atoms with Gasteiger partial charge < -0.3 is 5.32 Å². The zero-order valence-electron chi connectivity index (χ0n) is 8.34. The predicted octanol–water partition coefficient (Wildman–Crippen LogP) is 3.36. The van der Waals surface area contributed by atoms with Crippen molar-refractivity contribution in [3.8, 4) is 0 Å². The van der Waals surface area contributed by atoms with Gasteiger partial charge in [0.2, 0.25) is 0 Å². The Morgan fingerprint density at radius 2 is 2.46 bits per heavy atom. The van der Waals surface area contributed by atoms with E-state index >= 15 is 0 Å². The Labute approximate surface area is 84.5 Å². The van der Waals surface area contributed by atoms with E-state index in [1.165, 1.54) is 10.5 Å². The van der Waals surface area contributed by atoms with Crippen molar-refractivity contribution < 1.29 is 0 Å². The van der Waals surface area contributed by atoms with E-state index in [2.05, 4.69) is 36.3 Å². The highest BCUT2D eigenvalue weighted by Crippen LogP contribution is 2.21. The Kier molecular flexibility index (Phi) is 4.19. The van der Waals surface area contributed by atoms with E-state index in [0.717, 1.165) is 13.0 Å². The van der Waals surface area contributed by atoms with E-state index in [1.807, 2.05) is 18.3 Å². The fraction of sp³-hybridized carbons (Fsp3) is 0.455. The zero-order chi connectivity index (χ0) is 9.68. The highest BCUT2D eigenvalue weighted by atomic mass is 32.1. The molecule has 72 valence electrons. The van der Waals surface area contributed by atoms with Crippen LogP contribution in [0.2, 0.25) is 0 Å². The minimum absolute atomic E-state index is 0.497. The first-order valence-corrected chi connectivity index (χ1v) is 5.53. The van der Waals surface area contributed by atoms with E-state index in [-0.39, 0.29) is 0 Å². The minimum Gasteiger partial charge on any atom is -0.305 e. The van der Waals surface area contributed by atoms with Crippen molar-refractivity contribution in [2.45, 2.75) is 26.3 Å². The van der Waals surface area contributed by atoms with Gasteiger partial charge in [0, 0.05) is 17.5 Å². The van der Waals surface area contributed by atoms with E-state index in [0.29, 0.717) is 6.04 Å². The average Bonchev–Trinajstić information content (AvgIpc) is 2.58. The summed E-state index contributed by atoms with van der Waals surface area (Å²) in [7, 11) is 0. The standard InChI is InChI=1S/C11H17NS/c1-4-10(12-8-9(2)3)11-6-5-7-13-11/h5-7,10,12H,2,4,8H2,1,3H3. The third-order valence-electron chi connectivity index (χ3n) is 1.95. The summed E-state index contributed by atoms with van der Waals surface area (Å²) in [5, 5.41) is 5.61. The Hall–Kier alpha value is -0.600. The summed E-state index contributed by atoms with van der Waals surface area (Å²) in [5.41, 5.74) is 1.19. The van der Waals surface area contributed by atoms with E-state index in [9.17, 15) is 0 Å². The molecule has 0 spiro atoms. The molecule has 0 saturated heterocycles. The van der Waals surface area contributed by atoms with Crippen molar-refractivity contribution in [1.82, 2.24) is 5.32 Å². The molecule has 1 nitrogen and oxygen atoms in total. The van der Waals surface area contributed by atoms with Crippen molar-refractivity contribution in [1.29, 1.82) is 0 Å². The summed E-state index contributed by atoms with van der Waals surface area (Å²) in [6.45, 7) is 9.05. The van der Waals surface area contributed by atoms with Crippen molar-refractivity contribution in [2.75, 3.05) is 6.54 Å². The molecule has 2 heteroatoms. The third kappa shape index (κ3) is 3.33. The third-order valence-corrected chi connectivity index (χ3v) is 2.93. The van der Waals surface area contributed by atoms with Crippen LogP contribution < -0.4 is 5.32 Å². The monoisotopic (exact) mass is 195 g/mol. The zero-order valence-corrected chi connectivity index (χ0v) is 9.16. The van der Waals surface area contributed by atoms with Crippen LogP contribution in [-0.4, -0.2) is 6.54 Å². The van der Waals surface area contributed by atoms with Gasteiger partial charge in [-0.05, 0) is 24.8 Å². The maximum Gasteiger partial charge on any atom is 0.0414 e. The van der Waals surface area contributed by atoms with Gasteiger partial charge in [0.25, 0.3) is 0 Å². The van der Waals surface area contributed by atoms with Crippen LogP contribution in [0.5, 0.6) is 0 Å². The fourth-order valence-electron chi connectivity index (χ4n) is 1.23. The van der Waals surface area contributed by atoms with Crippen LogP contribution in [0, 0.1) is 0 Å². The van der Waals surface area contributed by atoms with Crippen LogP contribution in [0.25, 0.3) is 0 Å². The van der Waals surface area contributed by atoms with Crippen molar-refractivity contribution >= 4 is 11.3 Å². The summed E-state index contributed by atoms with van der Waals surface area (Å²) in [6, 6.07) is 4.78. The van der Waals surface area contributed by atoms with E-state index in [1.54, 1.807) is 0 Å². The molecule has 1 aromatic heterocycles. The second-order valence-corrected chi connectivity index (χ2v) is 4.29. The molecule has 0 saturated carbocycles. The van der Waals surface area contributed by atoms with Crippen molar-refractivity contribution in [3.05, 3.63) is 34.5 Å². The van der Waals surface area contributed by atoms with E-state index in [4.69, 9.17) is 0 Å². The number of hydrogen-bond acceptors (Lipinski definition) is 2. The molecular weight excluding hydrogens is 178 g/mol. The normalized spacial score (nSPS) is 12.8. The fourth-order valence-corrected chi connectivity index (χ4v) is 2.12. The van der Waals surface area contributed by atoms with Gasteiger partial charge in [-0.1, -0.05) is 25.1 Å². The maximum absolute atomic E-state index is 3.88. The molecular formula is C11H17NS. The van der Waals surface area contributed by atoms with Gasteiger partial charge in [-0.15, -0.1) is 11.3 Å². The summed E-state index contributed by atoms with van der Waals surface area (Å²) in [4.78, 5) is 1.42. The molecule has 1 unspecified atom stereocenters. The van der Waals surface area contributed by atoms with Gasteiger partial charge in [0.1, 0.15) is 0 Å². The Morgan fingerprint density at radius 1 is 1.69 bits per heavy atom. The summed E-state index contributed by atoms with van der Waals surface area (Å²) in [6.07, 6.45) is 1.13. The topological polar surface area (TPSA) is 12.0 Å². The highest BCUT2D eigenvalue weighted by Gasteiger charge is 2.08. The number of nitrogens with one attached hydrogen (secondary N) is 1. The Morgan fingerprint density at radius 3 is 2.92 bits per heavy atom. The van der Waals surface area contributed by atoms with Gasteiger partial charge in [0.15, 0.2) is 0 Å². The summed E-state index contributed by atoms with van der Waals surface area (Å²) >= 11 is 1.82. The molecule has 0 aromatic carbocycles. The molecule has 1 heterocycles. The Balaban J connectivity index is 2.49. The van der Waals surface area contributed by atoms with Gasteiger partial charge in [-0.3, -0.25) is 0 Å². The molecule has 1 aromatic rings. The van der Waals surface area contributed by atoms with Gasteiger partial charge in [0.05, 0.1) is 0 Å². The quantitative estimate of drug-likeness (QED) is 0.710. The molecule has 1 atom stereocenters. The molecule has 0 radical (unpaired) electrons. The largest absolute Gasteiger partial charge is 0.305 e. The smallest absolute Gasteiger partial charge is 0.0414 e. The summed E-state index contributed by atoms with van der Waals surface area (Å²) < 4.78 is 0. The van der Waals surface area contributed by atoms with Crippen LogP contribution in [0.1, 0.15) is 31.2 Å². The molecule has 0 aliphatic carbocycles. The number of hydrogen-bond donors (Lipinski definition) is 1. The average molecular weight is 195 g/mol. The first-order valence-electron chi connectivity index (χ1n) is 4.65. The molecule has 13 heavy (non-hydrogen) atoms. The second-order valence-electron chi connectivity index (χ2n) is 3.31. The van der Waals surface area contributed by atoms with Gasteiger partial charge in [-0.2, -0.15) is 0 Å². The minimum atomic E-state index is 0.497. The maximum atomic E-state index is 3.88. The highest BCUT2D eigenvalue weighted by molar-refractivity contribution is 7.10. The number of thiophene rings is 1. The predicted molar refractivity (Wildman–Crippen MR) is 60.2 cm³/mol. The van der Waals surface area contributed by atoms with Gasteiger partial charge in [-0.25, -0.2) is 0 Å². The van der Waals surface area contributed by atoms with Crippen molar-refractivity contribution in [3.63, 3.8) is 0 Å². The molecule has 0 fully saturated rings. The lowest BCUT2D eigenvalue weighted by atomic mass is 10.2. The van der Waals surface area contributed by atoms with E-state index < -0.39 is 0 Å². The lowest BCUT2D eigenvalue weighted by Gasteiger charge is -2.14. The van der Waals surface area contributed by atoms with Crippen LogP contribution in [-0.2, 0) is 0 Å². The van der Waals surface area contributed by atoms with Crippen LogP contribution in [0.15, 0.2) is 29.7 Å². The molecule has 1 N–H and O–H groups in total. The number of rotatable bonds is 5. The van der Waals surface area contributed by atoms with Gasteiger partial charge >= 0.3 is 0 Å². The lowest BCUT2D eigenvalue weighted by molar-refractivity contribution is 0.553. The molecule has 0 bridgehead atoms. The second kappa shape index (κ2) is 5.20. The molecule has 0 aliphatic heterocycles.